The van der Waals surface area contributed by atoms with E-state index in [9.17, 15) is 4.79 Å². The summed E-state index contributed by atoms with van der Waals surface area (Å²) in [5.74, 6) is 0.884. The molecule has 2 N–H and O–H groups in total. The van der Waals surface area contributed by atoms with Crippen LogP contribution in [0, 0.1) is 0 Å². The van der Waals surface area contributed by atoms with Crippen LogP contribution in [0.25, 0.3) is 0 Å². The quantitative estimate of drug-likeness (QED) is 0.486. The van der Waals surface area contributed by atoms with Crippen molar-refractivity contribution < 1.29 is 14.3 Å². The predicted octanol–water partition coefficient (Wildman–Crippen LogP) is 3.50. The Morgan fingerprint density at radius 3 is 2.53 bits per heavy atom. The smallest absolute Gasteiger partial charge is 0.311 e. The Morgan fingerprint density at radius 1 is 1.32 bits per heavy atom. The fraction of sp³-hybridized carbons (Fsp3) is 0.533. The third-order valence-corrected chi connectivity index (χ3v) is 2.78. The van der Waals surface area contributed by atoms with Gasteiger partial charge in [0, 0.05) is 6.42 Å². The van der Waals surface area contributed by atoms with Crippen molar-refractivity contribution in [3.8, 4) is 11.5 Å². The average molecular weight is 265 g/mol. The number of esters is 1. The maximum absolute atomic E-state index is 11.4. The molecule has 0 aliphatic rings. The average Bonchev–Trinajstić information content (AvgIpc) is 2.37. The van der Waals surface area contributed by atoms with Crippen LogP contribution in [0.5, 0.6) is 11.5 Å². The number of carbonyl (C=O) groups excluding carboxylic acids is 1. The molecule has 0 unspecified atom stereocenters. The topological polar surface area (TPSA) is 61.5 Å². The molecule has 0 aliphatic heterocycles. The van der Waals surface area contributed by atoms with Gasteiger partial charge >= 0.3 is 5.97 Å². The van der Waals surface area contributed by atoms with Gasteiger partial charge in [-0.25, -0.2) is 0 Å². The van der Waals surface area contributed by atoms with Crippen molar-refractivity contribution in [3.63, 3.8) is 0 Å². The van der Waals surface area contributed by atoms with Gasteiger partial charge in [-0.1, -0.05) is 33.8 Å². The lowest BCUT2D eigenvalue weighted by Crippen LogP contribution is -2.10. The minimum atomic E-state index is -0.293. The number of benzene rings is 1. The molecular weight excluding hydrogens is 242 g/mol. The highest BCUT2D eigenvalue weighted by molar-refractivity contribution is 5.75. The van der Waals surface area contributed by atoms with Gasteiger partial charge in [0.25, 0.3) is 0 Å². The Labute approximate surface area is 114 Å². The second kappa shape index (κ2) is 7.02. The molecule has 0 saturated carbocycles. The molecule has 0 heterocycles. The normalized spacial score (nSPS) is 10.6. The zero-order valence-corrected chi connectivity index (χ0v) is 12.2. The molecule has 0 spiro atoms. The van der Waals surface area contributed by atoms with Gasteiger partial charge in [0.1, 0.15) is 0 Å². The van der Waals surface area contributed by atoms with Crippen molar-refractivity contribution in [1.29, 1.82) is 0 Å². The van der Waals surface area contributed by atoms with E-state index in [1.807, 2.05) is 13.0 Å². The zero-order chi connectivity index (χ0) is 14.4. The van der Waals surface area contributed by atoms with Crippen LogP contribution in [-0.4, -0.2) is 12.6 Å². The van der Waals surface area contributed by atoms with Crippen molar-refractivity contribution in [3.05, 3.63) is 17.7 Å². The van der Waals surface area contributed by atoms with E-state index in [1.165, 1.54) is 0 Å². The molecule has 4 heteroatoms. The first-order valence-electron chi connectivity index (χ1n) is 6.77. The molecule has 19 heavy (non-hydrogen) atoms. The summed E-state index contributed by atoms with van der Waals surface area (Å²) in [5.41, 5.74) is 7.69. The summed E-state index contributed by atoms with van der Waals surface area (Å²) in [6, 6.07) is 3.64. The first-order valence-corrected chi connectivity index (χ1v) is 6.77. The number of anilines is 1. The predicted molar refractivity (Wildman–Crippen MR) is 76.7 cm³/mol. The lowest BCUT2D eigenvalue weighted by Gasteiger charge is -2.17. The van der Waals surface area contributed by atoms with Gasteiger partial charge in [0.2, 0.25) is 0 Å². The molecule has 0 radical (unpaired) electrons. The lowest BCUT2D eigenvalue weighted by atomic mass is 10.0. The number of ether oxygens (including phenoxy) is 2. The van der Waals surface area contributed by atoms with E-state index in [1.54, 1.807) is 13.0 Å². The minimum absolute atomic E-state index is 0.292. The second-order valence-corrected chi connectivity index (χ2v) is 4.73. The molecule has 0 bridgehead atoms. The molecule has 1 aromatic carbocycles. The van der Waals surface area contributed by atoms with E-state index in [0.29, 0.717) is 36.1 Å². The van der Waals surface area contributed by atoms with Crippen LogP contribution in [0.4, 0.5) is 5.69 Å². The van der Waals surface area contributed by atoms with Crippen molar-refractivity contribution in [1.82, 2.24) is 0 Å². The molecule has 0 amide bonds. The number of hydrogen-bond acceptors (Lipinski definition) is 4. The third-order valence-electron chi connectivity index (χ3n) is 2.78. The first-order chi connectivity index (χ1) is 9.01. The summed E-state index contributed by atoms with van der Waals surface area (Å²) in [5, 5.41) is 0. The van der Waals surface area contributed by atoms with E-state index in [0.717, 1.165) is 12.0 Å². The standard InChI is InChI=1S/C15H23NO3/c1-5-9-18-15-12(19-13(17)6-2)8-7-11(10(3)4)14(15)16/h7-8,10H,5-6,9,16H2,1-4H3. The number of carbonyl (C=O) groups is 1. The highest BCUT2D eigenvalue weighted by atomic mass is 16.6. The van der Waals surface area contributed by atoms with Crippen LogP contribution in [-0.2, 0) is 4.79 Å². The third kappa shape index (κ3) is 3.88. The molecule has 0 atom stereocenters. The number of nitrogens with two attached hydrogens (primary N) is 1. The van der Waals surface area contributed by atoms with Crippen molar-refractivity contribution in [2.45, 2.75) is 46.5 Å². The fourth-order valence-corrected chi connectivity index (χ4v) is 1.73. The van der Waals surface area contributed by atoms with E-state index < -0.39 is 0 Å². The highest BCUT2D eigenvalue weighted by Crippen LogP contribution is 2.39. The molecule has 1 rings (SSSR count). The summed E-state index contributed by atoms with van der Waals surface area (Å²) in [6.45, 7) is 8.43. The summed E-state index contributed by atoms with van der Waals surface area (Å²) >= 11 is 0. The maximum atomic E-state index is 11.4. The monoisotopic (exact) mass is 265 g/mol. The maximum Gasteiger partial charge on any atom is 0.311 e. The summed E-state index contributed by atoms with van der Waals surface area (Å²) < 4.78 is 10.9. The van der Waals surface area contributed by atoms with Gasteiger partial charge in [-0.05, 0) is 24.0 Å². The Morgan fingerprint density at radius 2 is 2.00 bits per heavy atom. The van der Waals surface area contributed by atoms with Crippen LogP contribution >= 0.6 is 0 Å². The van der Waals surface area contributed by atoms with Crippen molar-refractivity contribution >= 4 is 11.7 Å². The molecule has 106 valence electrons. The van der Waals surface area contributed by atoms with Gasteiger partial charge in [-0.15, -0.1) is 0 Å². The van der Waals surface area contributed by atoms with Gasteiger partial charge in [-0.2, -0.15) is 0 Å². The highest BCUT2D eigenvalue weighted by Gasteiger charge is 2.17. The van der Waals surface area contributed by atoms with Crippen LogP contribution in [0.2, 0.25) is 0 Å². The van der Waals surface area contributed by atoms with Crippen LogP contribution in [0.1, 0.15) is 52.0 Å². The largest absolute Gasteiger partial charge is 0.488 e. The number of hydrogen-bond donors (Lipinski definition) is 1. The summed E-state index contributed by atoms with van der Waals surface area (Å²) in [6.07, 6.45) is 1.19. The lowest BCUT2D eigenvalue weighted by molar-refractivity contribution is -0.134. The SMILES string of the molecule is CCCOc1c(OC(=O)CC)ccc(C(C)C)c1N. The molecule has 4 nitrogen and oxygen atoms in total. The Balaban J connectivity index is 3.15. The minimum Gasteiger partial charge on any atom is -0.488 e. The van der Waals surface area contributed by atoms with Gasteiger partial charge in [-0.3, -0.25) is 4.79 Å². The fourth-order valence-electron chi connectivity index (χ4n) is 1.73. The summed E-state index contributed by atoms with van der Waals surface area (Å²) in [4.78, 5) is 11.4. The molecular formula is C15H23NO3. The Kier molecular flexibility index (Phi) is 5.67. The van der Waals surface area contributed by atoms with E-state index in [-0.39, 0.29) is 5.97 Å². The molecule has 0 saturated heterocycles. The number of nitrogen functional groups attached to an aromatic ring is 1. The van der Waals surface area contributed by atoms with Crippen molar-refractivity contribution in [2.75, 3.05) is 12.3 Å². The van der Waals surface area contributed by atoms with Crippen LogP contribution in [0.3, 0.4) is 0 Å². The molecule has 0 fully saturated rings. The van der Waals surface area contributed by atoms with Gasteiger partial charge in [0.15, 0.2) is 11.5 Å². The molecule has 0 aromatic heterocycles. The van der Waals surface area contributed by atoms with E-state index >= 15 is 0 Å². The van der Waals surface area contributed by atoms with Crippen LogP contribution in [0.15, 0.2) is 12.1 Å². The van der Waals surface area contributed by atoms with Gasteiger partial charge < -0.3 is 15.2 Å². The van der Waals surface area contributed by atoms with Crippen LogP contribution < -0.4 is 15.2 Å². The molecule has 1 aromatic rings. The summed E-state index contributed by atoms with van der Waals surface area (Å²) in [7, 11) is 0. The van der Waals surface area contributed by atoms with Crippen molar-refractivity contribution in [2.24, 2.45) is 0 Å². The number of rotatable bonds is 6. The van der Waals surface area contributed by atoms with Gasteiger partial charge in [0.05, 0.1) is 12.3 Å². The second-order valence-electron chi connectivity index (χ2n) is 4.73. The Bertz CT molecular complexity index is 441. The zero-order valence-electron chi connectivity index (χ0n) is 12.2. The van der Waals surface area contributed by atoms with E-state index in [2.05, 4.69) is 13.8 Å². The first kappa shape index (κ1) is 15.3. The van der Waals surface area contributed by atoms with E-state index in [4.69, 9.17) is 15.2 Å². The molecule has 0 aliphatic carbocycles. The Hall–Kier alpha value is -1.71.